The smallest absolute Gasteiger partial charge is 0.257 e. The van der Waals surface area contributed by atoms with Crippen LogP contribution in [-0.4, -0.2) is 52.9 Å². The Labute approximate surface area is 153 Å². The minimum atomic E-state index is -0.238. The summed E-state index contributed by atoms with van der Waals surface area (Å²) in [6.45, 7) is 2.08. The minimum absolute atomic E-state index is 0.0653. The Hall–Kier alpha value is -1.75. The predicted octanol–water partition coefficient (Wildman–Crippen LogP) is 3.30. The summed E-state index contributed by atoms with van der Waals surface area (Å²) in [7, 11) is 0. The summed E-state index contributed by atoms with van der Waals surface area (Å²) in [4.78, 5) is 28.4. The molecule has 1 N–H and O–H groups in total. The lowest BCUT2D eigenvalue weighted by Gasteiger charge is -2.35. The number of rotatable bonds is 4. The van der Waals surface area contributed by atoms with Crippen molar-refractivity contribution >= 4 is 23.4 Å². The molecule has 1 heterocycles. The van der Waals surface area contributed by atoms with Gasteiger partial charge in [0.15, 0.2) is 0 Å². The van der Waals surface area contributed by atoms with E-state index in [1.54, 1.807) is 11.0 Å². The number of amides is 2. The van der Waals surface area contributed by atoms with E-state index in [0.717, 1.165) is 12.3 Å². The molecule has 0 bridgehead atoms. The molecule has 1 aromatic carbocycles. The molecule has 0 radical (unpaired) electrons. The fourth-order valence-corrected chi connectivity index (χ4v) is 3.97. The Bertz CT molecular complexity index is 636. The number of carbonyl (C=O) groups is 2. The number of carbonyl (C=O) groups excluding carboxylic acids is 2. The van der Waals surface area contributed by atoms with E-state index in [2.05, 4.69) is 0 Å². The molecule has 0 atom stereocenters. The lowest BCUT2D eigenvalue weighted by atomic mass is 10.0. The van der Waals surface area contributed by atoms with Gasteiger partial charge in [-0.2, -0.15) is 0 Å². The maximum Gasteiger partial charge on any atom is 0.257 e. The molecular weight excluding hydrogens is 340 g/mol. The largest absolute Gasteiger partial charge is 0.507 e. The molecular formula is C19H25ClN2O3. The van der Waals surface area contributed by atoms with Gasteiger partial charge in [0, 0.05) is 37.6 Å². The summed E-state index contributed by atoms with van der Waals surface area (Å²) in [5.41, 5.74) is 0.216. The number of nitrogens with zero attached hydrogens (tertiary/aromatic N) is 2. The topological polar surface area (TPSA) is 60.9 Å². The quantitative estimate of drug-likeness (QED) is 0.891. The van der Waals surface area contributed by atoms with Gasteiger partial charge in [-0.1, -0.05) is 37.3 Å². The van der Waals surface area contributed by atoms with E-state index in [1.807, 2.05) is 4.90 Å². The average Bonchev–Trinajstić information content (AvgIpc) is 3.15. The molecule has 1 saturated carbocycles. The second kappa shape index (κ2) is 8.09. The SMILES string of the molecule is O=C(CCC1CCCC1)N1CCN(C(=O)c2cc(Cl)ccc2O)CC1. The van der Waals surface area contributed by atoms with Gasteiger partial charge in [-0.15, -0.1) is 0 Å². The second-order valence-corrected chi connectivity index (χ2v) is 7.46. The van der Waals surface area contributed by atoms with Gasteiger partial charge < -0.3 is 14.9 Å². The third-order valence-corrected chi connectivity index (χ3v) is 5.58. The molecule has 0 unspecified atom stereocenters. The van der Waals surface area contributed by atoms with E-state index in [9.17, 15) is 14.7 Å². The zero-order chi connectivity index (χ0) is 17.8. The minimum Gasteiger partial charge on any atom is -0.507 e. The van der Waals surface area contributed by atoms with Crippen LogP contribution in [0.1, 0.15) is 48.9 Å². The fourth-order valence-electron chi connectivity index (χ4n) is 3.79. The first kappa shape index (κ1) is 18.1. The van der Waals surface area contributed by atoms with Crippen molar-refractivity contribution in [2.75, 3.05) is 26.2 Å². The molecule has 2 amide bonds. The third-order valence-electron chi connectivity index (χ3n) is 5.35. The van der Waals surface area contributed by atoms with Crippen molar-refractivity contribution in [2.45, 2.75) is 38.5 Å². The maximum absolute atomic E-state index is 12.6. The number of halogens is 1. The number of piperazine rings is 1. The lowest BCUT2D eigenvalue weighted by Crippen LogP contribution is -2.50. The Morgan fingerprint density at radius 3 is 2.40 bits per heavy atom. The van der Waals surface area contributed by atoms with Crippen LogP contribution in [-0.2, 0) is 4.79 Å². The lowest BCUT2D eigenvalue weighted by molar-refractivity contribution is -0.133. The summed E-state index contributed by atoms with van der Waals surface area (Å²) in [6.07, 6.45) is 6.74. The van der Waals surface area contributed by atoms with Crippen molar-refractivity contribution in [3.8, 4) is 5.75 Å². The number of hydrogen-bond donors (Lipinski definition) is 1. The highest BCUT2D eigenvalue weighted by molar-refractivity contribution is 6.31. The molecule has 136 valence electrons. The molecule has 25 heavy (non-hydrogen) atoms. The summed E-state index contributed by atoms with van der Waals surface area (Å²) in [6, 6.07) is 4.46. The highest BCUT2D eigenvalue weighted by Gasteiger charge is 2.26. The number of phenolic OH excluding ortho intramolecular Hbond substituents is 1. The Balaban J connectivity index is 1.50. The highest BCUT2D eigenvalue weighted by Crippen LogP contribution is 2.29. The van der Waals surface area contributed by atoms with Crippen molar-refractivity contribution in [1.29, 1.82) is 0 Å². The zero-order valence-corrected chi connectivity index (χ0v) is 15.2. The van der Waals surface area contributed by atoms with Gasteiger partial charge in [0.25, 0.3) is 5.91 Å². The van der Waals surface area contributed by atoms with Gasteiger partial charge in [0.2, 0.25) is 5.91 Å². The molecule has 1 aromatic rings. The van der Waals surface area contributed by atoms with Crippen LogP contribution < -0.4 is 0 Å². The van der Waals surface area contributed by atoms with Crippen LogP contribution >= 0.6 is 11.6 Å². The number of aromatic hydroxyl groups is 1. The van der Waals surface area contributed by atoms with Crippen molar-refractivity contribution in [2.24, 2.45) is 5.92 Å². The molecule has 1 saturated heterocycles. The van der Waals surface area contributed by atoms with E-state index in [1.165, 1.54) is 37.8 Å². The van der Waals surface area contributed by atoms with Crippen LogP contribution in [0.5, 0.6) is 5.75 Å². The van der Waals surface area contributed by atoms with Crippen LogP contribution in [0.2, 0.25) is 5.02 Å². The molecule has 2 aliphatic rings. The van der Waals surface area contributed by atoms with Crippen LogP contribution in [0.3, 0.4) is 0 Å². The van der Waals surface area contributed by atoms with E-state index in [0.29, 0.717) is 37.6 Å². The first-order chi connectivity index (χ1) is 12.0. The van der Waals surface area contributed by atoms with Crippen LogP contribution in [0.15, 0.2) is 18.2 Å². The van der Waals surface area contributed by atoms with Gasteiger partial charge in [0.1, 0.15) is 5.75 Å². The number of phenols is 1. The maximum atomic E-state index is 12.6. The van der Waals surface area contributed by atoms with Gasteiger partial charge in [-0.25, -0.2) is 0 Å². The first-order valence-electron chi connectivity index (χ1n) is 9.10. The summed E-state index contributed by atoms with van der Waals surface area (Å²) < 4.78 is 0. The molecule has 5 nitrogen and oxygen atoms in total. The Morgan fingerprint density at radius 2 is 1.72 bits per heavy atom. The summed E-state index contributed by atoms with van der Waals surface area (Å²) in [5, 5.41) is 10.3. The molecule has 1 aliphatic carbocycles. The van der Waals surface area contributed by atoms with E-state index >= 15 is 0 Å². The number of hydrogen-bond acceptors (Lipinski definition) is 3. The molecule has 0 aromatic heterocycles. The average molecular weight is 365 g/mol. The van der Waals surface area contributed by atoms with Gasteiger partial charge >= 0.3 is 0 Å². The highest BCUT2D eigenvalue weighted by atomic mass is 35.5. The summed E-state index contributed by atoms with van der Waals surface area (Å²) in [5.74, 6) is 0.616. The normalized spacial score (nSPS) is 18.6. The van der Waals surface area contributed by atoms with Crippen molar-refractivity contribution in [3.05, 3.63) is 28.8 Å². The van der Waals surface area contributed by atoms with E-state index in [4.69, 9.17) is 11.6 Å². The van der Waals surface area contributed by atoms with Crippen molar-refractivity contribution in [3.63, 3.8) is 0 Å². The monoisotopic (exact) mass is 364 g/mol. The van der Waals surface area contributed by atoms with Gasteiger partial charge in [-0.3, -0.25) is 9.59 Å². The van der Waals surface area contributed by atoms with Crippen molar-refractivity contribution in [1.82, 2.24) is 9.80 Å². The van der Waals surface area contributed by atoms with Gasteiger partial charge in [-0.05, 0) is 30.5 Å². The standard InChI is InChI=1S/C19H25ClN2O3/c20-15-6-7-17(23)16(13-15)19(25)22-11-9-21(10-12-22)18(24)8-5-14-3-1-2-4-14/h6-7,13-14,23H,1-5,8-12H2. The molecule has 6 heteroatoms. The van der Waals surface area contributed by atoms with Crippen LogP contribution in [0.25, 0.3) is 0 Å². The number of benzene rings is 1. The third kappa shape index (κ3) is 4.46. The molecule has 1 aliphatic heterocycles. The summed E-state index contributed by atoms with van der Waals surface area (Å²) >= 11 is 5.92. The molecule has 2 fully saturated rings. The molecule has 0 spiro atoms. The van der Waals surface area contributed by atoms with Gasteiger partial charge in [0.05, 0.1) is 5.56 Å². The van der Waals surface area contributed by atoms with E-state index < -0.39 is 0 Å². The Kier molecular flexibility index (Phi) is 5.84. The first-order valence-corrected chi connectivity index (χ1v) is 9.48. The van der Waals surface area contributed by atoms with Crippen LogP contribution in [0.4, 0.5) is 0 Å². The fraction of sp³-hybridized carbons (Fsp3) is 0.579. The van der Waals surface area contributed by atoms with Crippen molar-refractivity contribution < 1.29 is 14.7 Å². The van der Waals surface area contributed by atoms with Crippen LogP contribution in [0, 0.1) is 5.92 Å². The predicted molar refractivity (Wildman–Crippen MR) is 96.8 cm³/mol. The second-order valence-electron chi connectivity index (χ2n) is 7.02. The Morgan fingerprint density at radius 1 is 1.08 bits per heavy atom. The van der Waals surface area contributed by atoms with E-state index in [-0.39, 0.29) is 23.1 Å². The molecule has 3 rings (SSSR count). The zero-order valence-electron chi connectivity index (χ0n) is 14.4.